The quantitative estimate of drug-likeness (QED) is 0.776. The van der Waals surface area contributed by atoms with Gasteiger partial charge < -0.3 is 4.90 Å². The number of halogens is 1. The number of anilines is 1. The van der Waals surface area contributed by atoms with Crippen molar-refractivity contribution in [2.24, 2.45) is 0 Å². The van der Waals surface area contributed by atoms with Gasteiger partial charge in [-0.15, -0.1) is 0 Å². The molecule has 2 aromatic carbocycles. The number of fused-ring (bicyclic) bond motifs is 1. The van der Waals surface area contributed by atoms with E-state index in [2.05, 4.69) is 23.1 Å². The minimum Gasteiger partial charge on any atom is -0.367 e. The summed E-state index contributed by atoms with van der Waals surface area (Å²) in [5.41, 5.74) is 3.89. The second kappa shape index (κ2) is 5.45. The second-order valence-corrected chi connectivity index (χ2v) is 5.11. The molecule has 3 heteroatoms. The normalized spacial score (nSPS) is 14.6. The first-order valence-corrected chi connectivity index (χ1v) is 6.84. The Balaban J connectivity index is 1.97. The maximum Gasteiger partial charge on any atom is 0.152 e. The average Bonchev–Trinajstić information content (AvgIpc) is 2.69. The highest BCUT2D eigenvalue weighted by Crippen LogP contribution is 2.26. The van der Waals surface area contributed by atoms with Crippen LogP contribution in [-0.2, 0) is 13.0 Å². The number of hydrogen-bond donors (Lipinski definition) is 0. The van der Waals surface area contributed by atoms with Crippen molar-refractivity contribution >= 4 is 12.0 Å². The van der Waals surface area contributed by atoms with E-state index in [9.17, 15) is 9.18 Å². The maximum atomic E-state index is 13.2. The topological polar surface area (TPSA) is 20.3 Å². The van der Waals surface area contributed by atoms with Crippen LogP contribution < -0.4 is 4.90 Å². The van der Waals surface area contributed by atoms with Gasteiger partial charge in [-0.2, -0.15) is 0 Å². The first kappa shape index (κ1) is 12.9. The molecule has 102 valence electrons. The summed E-state index contributed by atoms with van der Waals surface area (Å²) in [5, 5.41) is 0. The lowest BCUT2D eigenvalue weighted by atomic mass is 10.0. The van der Waals surface area contributed by atoms with E-state index >= 15 is 0 Å². The fourth-order valence-electron chi connectivity index (χ4n) is 2.81. The van der Waals surface area contributed by atoms with E-state index in [1.54, 1.807) is 6.07 Å². The molecule has 0 saturated carbocycles. The van der Waals surface area contributed by atoms with Crippen LogP contribution in [0.15, 0.2) is 42.5 Å². The number of nitrogens with zero attached hydrogens (tertiary/aromatic N) is 1. The van der Waals surface area contributed by atoms with Gasteiger partial charge in [0.25, 0.3) is 0 Å². The van der Waals surface area contributed by atoms with Gasteiger partial charge in [0, 0.05) is 24.3 Å². The van der Waals surface area contributed by atoms with Crippen molar-refractivity contribution in [3.8, 4) is 0 Å². The Morgan fingerprint density at radius 3 is 2.70 bits per heavy atom. The molecule has 2 aromatic rings. The molecular weight excluding hydrogens is 253 g/mol. The summed E-state index contributed by atoms with van der Waals surface area (Å²) in [6.45, 7) is 1.64. The first-order chi connectivity index (χ1) is 9.78. The molecule has 20 heavy (non-hydrogen) atoms. The SMILES string of the molecule is O=Cc1cc(F)ccc1N1CCCc2ccccc2C1. The Bertz CT molecular complexity index is 639. The monoisotopic (exact) mass is 269 g/mol. The van der Waals surface area contributed by atoms with E-state index in [0.29, 0.717) is 5.56 Å². The summed E-state index contributed by atoms with van der Waals surface area (Å²) in [6, 6.07) is 12.8. The molecule has 0 atom stereocenters. The molecule has 0 spiro atoms. The molecule has 0 radical (unpaired) electrons. The Morgan fingerprint density at radius 1 is 1.10 bits per heavy atom. The van der Waals surface area contributed by atoms with Gasteiger partial charge in [0.2, 0.25) is 0 Å². The van der Waals surface area contributed by atoms with Gasteiger partial charge >= 0.3 is 0 Å². The highest BCUT2D eigenvalue weighted by molar-refractivity contribution is 5.84. The van der Waals surface area contributed by atoms with Crippen molar-refractivity contribution in [1.82, 2.24) is 0 Å². The van der Waals surface area contributed by atoms with Crippen LogP contribution in [0, 0.1) is 5.82 Å². The van der Waals surface area contributed by atoms with E-state index in [1.165, 1.54) is 23.3 Å². The predicted octanol–water partition coefficient (Wildman–Crippen LogP) is 3.59. The molecule has 0 aromatic heterocycles. The van der Waals surface area contributed by atoms with Gasteiger partial charge in [0.05, 0.1) is 0 Å². The van der Waals surface area contributed by atoms with Crippen molar-refractivity contribution in [1.29, 1.82) is 0 Å². The molecule has 0 amide bonds. The number of carbonyl (C=O) groups excluding carboxylic acids is 1. The Hall–Kier alpha value is -2.16. The molecular formula is C17H16FNO. The minimum absolute atomic E-state index is 0.369. The number of aldehydes is 1. The van der Waals surface area contributed by atoms with Crippen LogP contribution in [-0.4, -0.2) is 12.8 Å². The third-order valence-electron chi connectivity index (χ3n) is 3.81. The number of hydrogen-bond acceptors (Lipinski definition) is 2. The van der Waals surface area contributed by atoms with Gasteiger partial charge in [-0.25, -0.2) is 4.39 Å². The summed E-state index contributed by atoms with van der Waals surface area (Å²) in [7, 11) is 0. The highest BCUT2D eigenvalue weighted by atomic mass is 19.1. The summed E-state index contributed by atoms with van der Waals surface area (Å²) in [6.07, 6.45) is 2.81. The van der Waals surface area contributed by atoms with E-state index in [0.717, 1.165) is 37.9 Å². The standard InChI is InChI=1S/C17H16FNO/c18-16-7-8-17(15(10-16)12-20)19-9-3-6-13-4-1-2-5-14(13)11-19/h1-2,4-5,7-8,10,12H,3,6,9,11H2. The molecule has 0 saturated heterocycles. The molecule has 2 nitrogen and oxygen atoms in total. The van der Waals surface area contributed by atoms with Gasteiger partial charge in [-0.1, -0.05) is 24.3 Å². The lowest BCUT2D eigenvalue weighted by Gasteiger charge is -2.24. The van der Waals surface area contributed by atoms with Gasteiger partial charge in [0.1, 0.15) is 5.82 Å². The molecule has 0 aliphatic carbocycles. The van der Waals surface area contributed by atoms with Crippen LogP contribution in [0.3, 0.4) is 0 Å². The fraction of sp³-hybridized carbons (Fsp3) is 0.235. The van der Waals surface area contributed by atoms with Crippen LogP contribution in [0.5, 0.6) is 0 Å². The van der Waals surface area contributed by atoms with Gasteiger partial charge in [-0.3, -0.25) is 4.79 Å². The Kier molecular flexibility index (Phi) is 3.50. The third-order valence-corrected chi connectivity index (χ3v) is 3.81. The maximum absolute atomic E-state index is 13.2. The molecule has 0 unspecified atom stereocenters. The summed E-state index contributed by atoms with van der Waals surface area (Å²) in [4.78, 5) is 13.3. The third kappa shape index (κ3) is 2.44. The molecule has 0 N–H and O–H groups in total. The van der Waals surface area contributed by atoms with Crippen LogP contribution in [0.2, 0.25) is 0 Å². The largest absolute Gasteiger partial charge is 0.367 e. The highest BCUT2D eigenvalue weighted by Gasteiger charge is 2.17. The zero-order valence-corrected chi connectivity index (χ0v) is 11.2. The molecule has 3 rings (SSSR count). The zero-order chi connectivity index (χ0) is 13.9. The van der Waals surface area contributed by atoms with Crippen LogP contribution in [0.4, 0.5) is 10.1 Å². The lowest BCUT2D eigenvalue weighted by molar-refractivity contribution is 0.112. The van der Waals surface area contributed by atoms with Crippen LogP contribution in [0.1, 0.15) is 27.9 Å². The smallest absolute Gasteiger partial charge is 0.152 e. The number of rotatable bonds is 2. The average molecular weight is 269 g/mol. The van der Waals surface area contributed by atoms with Gasteiger partial charge in [-0.05, 0) is 42.2 Å². The zero-order valence-electron chi connectivity index (χ0n) is 11.2. The molecule has 1 aliphatic heterocycles. The lowest BCUT2D eigenvalue weighted by Crippen LogP contribution is -2.23. The van der Waals surface area contributed by atoms with Crippen LogP contribution >= 0.6 is 0 Å². The number of carbonyl (C=O) groups is 1. The van der Waals surface area contributed by atoms with E-state index in [1.807, 2.05) is 6.07 Å². The van der Waals surface area contributed by atoms with Gasteiger partial charge in [0.15, 0.2) is 6.29 Å². The van der Waals surface area contributed by atoms with E-state index < -0.39 is 0 Å². The second-order valence-electron chi connectivity index (χ2n) is 5.11. The van der Waals surface area contributed by atoms with E-state index in [-0.39, 0.29) is 5.82 Å². The van der Waals surface area contributed by atoms with Crippen LogP contribution in [0.25, 0.3) is 0 Å². The van der Waals surface area contributed by atoms with E-state index in [4.69, 9.17) is 0 Å². The minimum atomic E-state index is -0.369. The number of benzene rings is 2. The van der Waals surface area contributed by atoms with Crippen molar-refractivity contribution in [3.63, 3.8) is 0 Å². The molecule has 1 heterocycles. The van der Waals surface area contributed by atoms with Crippen molar-refractivity contribution < 1.29 is 9.18 Å². The van der Waals surface area contributed by atoms with Crippen molar-refractivity contribution in [2.75, 3.05) is 11.4 Å². The predicted molar refractivity (Wildman–Crippen MR) is 77.6 cm³/mol. The molecule has 1 aliphatic rings. The fourth-order valence-corrected chi connectivity index (χ4v) is 2.81. The Labute approximate surface area is 117 Å². The molecule has 0 fully saturated rings. The summed E-state index contributed by atoms with van der Waals surface area (Å²) < 4.78 is 13.2. The first-order valence-electron chi connectivity index (χ1n) is 6.84. The van der Waals surface area contributed by atoms with Crippen molar-refractivity contribution in [2.45, 2.75) is 19.4 Å². The number of aryl methyl sites for hydroxylation is 1. The summed E-state index contributed by atoms with van der Waals surface area (Å²) in [5.74, 6) is -0.369. The summed E-state index contributed by atoms with van der Waals surface area (Å²) >= 11 is 0. The van der Waals surface area contributed by atoms with Crippen molar-refractivity contribution in [3.05, 3.63) is 65.0 Å². The Morgan fingerprint density at radius 2 is 1.90 bits per heavy atom. The molecule has 0 bridgehead atoms.